The molecule has 0 radical (unpaired) electrons. The van der Waals surface area contributed by atoms with Gasteiger partial charge in [0.2, 0.25) is 0 Å². The lowest BCUT2D eigenvalue weighted by atomic mass is 10.2. The van der Waals surface area contributed by atoms with E-state index >= 15 is 0 Å². The number of hydrogen-bond acceptors (Lipinski definition) is 0. The van der Waals surface area contributed by atoms with E-state index in [1.807, 2.05) is 6.92 Å². The molecule has 0 aliphatic heterocycles. The third kappa shape index (κ3) is 4.29. The van der Waals surface area contributed by atoms with Gasteiger partial charge in [-0.3, -0.25) is 0 Å². The lowest BCUT2D eigenvalue weighted by Gasteiger charge is -1.97. The van der Waals surface area contributed by atoms with Crippen molar-refractivity contribution in [3.8, 4) is 0 Å². The van der Waals surface area contributed by atoms with Gasteiger partial charge in [-0.1, -0.05) is 49.6 Å². The van der Waals surface area contributed by atoms with Gasteiger partial charge in [0.1, 0.15) is 0 Å². The van der Waals surface area contributed by atoms with Crippen molar-refractivity contribution in [2.24, 2.45) is 0 Å². The summed E-state index contributed by atoms with van der Waals surface area (Å²) in [5.41, 5.74) is 1.36. The standard InChI is InChI=1S/C8H12Br2/c1-3-4-5-8(10)7(2)6-9/h3-4H,5-6H2,1-2H3. The molecule has 0 spiro atoms. The van der Waals surface area contributed by atoms with Crippen LogP contribution in [0.25, 0.3) is 0 Å². The maximum atomic E-state index is 3.50. The molecule has 0 N–H and O–H groups in total. The van der Waals surface area contributed by atoms with Crippen LogP contribution in [0.3, 0.4) is 0 Å². The topological polar surface area (TPSA) is 0 Å². The average Bonchev–Trinajstić information content (AvgIpc) is 1.98. The molecule has 2 heteroatoms. The Morgan fingerprint density at radius 2 is 2.10 bits per heavy atom. The minimum Gasteiger partial charge on any atom is -0.0913 e. The Kier molecular flexibility index (Phi) is 6.44. The molecule has 0 nitrogen and oxygen atoms in total. The third-order valence-electron chi connectivity index (χ3n) is 1.20. The van der Waals surface area contributed by atoms with E-state index in [9.17, 15) is 0 Å². The summed E-state index contributed by atoms with van der Waals surface area (Å²) in [5.74, 6) is 0. The average molecular weight is 268 g/mol. The zero-order chi connectivity index (χ0) is 7.98. The first-order valence-electron chi connectivity index (χ1n) is 3.23. The second-order valence-corrected chi connectivity index (χ2v) is 3.61. The van der Waals surface area contributed by atoms with Gasteiger partial charge < -0.3 is 0 Å². The number of alkyl halides is 1. The minimum absolute atomic E-state index is 0.950. The molecule has 0 saturated carbocycles. The number of hydrogen-bond donors (Lipinski definition) is 0. The summed E-state index contributed by atoms with van der Waals surface area (Å²) in [6, 6.07) is 0. The van der Waals surface area contributed by atoms with Gasteiger partial charge in [0.15, 0.2) is 0 Å². The zero-order valence-electron chi connectivity index (χ0n) is 6.32. The molecule has 0 aliphatic carbocycles. The second kappa shape index (κ2) is 6.17. The summed E-state index contributed by atoms with van der Waals surface area (Å²) in [5, 5.41) is 0.950. The van der Waals surface area contributed by atoms with Crippen LogP contribution < -0.4 is 0 Å². The highest BCUT2D eigenvalue weighted by Crippen LogP contribution is 2.17. The maximum Gasteiger partial charge on any atom is 0.0250 e. The smallest absolute Gasteiger partial charge is 0.0250 e. The quantitative estimate of drug-likeness (QED) is 0.535. The molecule has 10 heavy (non-hydrogen) atoms. The van der Waals surface area contributed by atoms with Crippen molar-refractivity contribution in [1.82, 2.24) is 0 Å². The van der Waals surface area contributed by atoms with Gasteiger partial charge >= 0.3 is 0 Å². The van der Waals surface area contributed by atoms with E-state index in [1.165, 1.54) is 10.1 Å². The second-order valence-electron chi connectivity index (χ2n) is 2.09. The molecule has 0 aromatic carbocycles. The highest BCUT2D eigenvalue weighted by atomic mass is 79.9. The number of rotatable bonds is 3. The summed E-state index contributed by atoms with van der Waals surface area (Å²) >= 11 is 6.90. The van der Waals surface area contributed by atoms with E-state index in [0.29, 0.717) is 0 Å². The van der Waals surface area contributed by atoms with Crippen molar-refractivity contribution in [3.05, 3.63) is 22.2 Å². The van der Waals surface area contributed by atoms with Crippen LogP contribution in [0, 0.1) is 0 Å². The third-order valence-corrected chi connectivity index (χ3v) is 3.04. The van der Waals surface area contributed by atoms with E-state index in [-0.39, 0.29) is 0 Å². The predicted molar refractivity (Wildman–Crippen MR) is 54.9 cm³/mol. The molecule has 58 valence electrons. The molecule has 0 fully saturated rings. The lowest BCUT2D eigenvalue weighted by molar-refractivity contribution is 1.27. The summed E-state index contributed by atoms with van der Waals surface area (Å²) in [7, 11) is 0. The van der Waals surface area contributed by atoms with Crippen molar-refractivity contribution < 1.29 is 0 Å². The highest BCUT2D eigenvalue weighted by Gasteiger charge is 1.93. The Hall–Kier alpha value is 0.440. The van der Waals surface area contributed by atoms with Gasteiger partial charge in [-0.15, -0.1) is 0 Å². The first-order chi connectivity index (χ1) is 4.72. The van der Waals surface area contributed by atoms with Crippen LogP contribution in [0.15, 0.2) is 22.2 Å². The molecular weight excluding hydrogens is 256 g/mol. The van der Waals surface area contributed by atoms with E-state index in [1.54, 1.807) is 0 Å². The van der Waals surface area contributed by atoms with E-state index in [2.05, 4.69) is 50.9 Å². The predicted octanol–water partition coefficient (Wildman–Crippen LogP) is 4.02. The molecule has 0 rings (SSSR count). The maximum absolute atomic E-state index is 3.50. The van der Waals surface area contributed by atoms with Crippen molar-refractivity contribution in [1.29, 1.82) is 0 Å². The van der Waals surface area contributed by atoms with Crippen LogP contribution in [0.1, 0.15) is 20.3 Å². The molecule has 0 heterocycles. The van der Waals surface area contributed by atoms with Gasteiger partial charge in [-0.2, -0.15) is 0 Å². The van der Waals surface area contributed by atoms with Gasteiger partial charge in [0, 0.05) is 5.33 Å². The molecule has 0 bridgehead atoms. The molecular formula is C8H12Br2. The fourth-order valence-corrected chi connectivity index (χ4v) is 1.51. The van der Waals surface area contributed by atoms with Crippen LogP contribution in [0.5, 0.6) is 0 Å². The highest BCUT2D eigenvalue weighted by molar-refractivity contribution is 9.12. The van der Waals surface area contributed by atoms with E-state index in [0.717, 1.165) is 11.8 Å². The Labute approximate surface area is 79.6 Å². The van der Waals surface area contributed by atoms with Crippen molar-refractivity contribution in [2.45, 2.75) is 20.3 Å². The molecule has 0 saturated heterocycles. The minimum atomic E-state index is 0.950. The monoisotopic (exact) mass is 266 g/mol. The first kappa shape index (κ1) is 10.4. The largest absolute Gasteiger partial charge is 0.0913 e. The Balaban J connectivity index is 3.91. The molecule has 0 aromatic rings. The Bertz CT molecular complexity index is 145. The van der Waals surface area contributed by atoms with E-state index in [4.69, 9.17) is 0 Å². The first-order valence-corrected chi connectivity index (χ1v) is 5.15. The van der Waals surface area contributed by atoms with Gasteiger partial charge in [-0.05, 0) is 24.8 Å². The van der Waals surface area contributed by atoms with E-state index < -0.39 is 0 Å². The Morgan fingerprint density at radius 3 is 2.50 bits per heavy atom. The molecule has 0 unspecified atom stereocenters. The van der Waals surface area contributed by atoms with Crippen LogP contribution in [0.2, 0.25) is 0 Å². The summed E-state index contributed by atoms with van der Waals surface area (Å²) in [4.78, 5) is 0. The van der Waals surface area contributed by atoms with Gasteiger partial charge in [0.25, 0.3) is 0 Å². The number of halogens is 2. The van der Waals surface area contributed by atoms with Crippen molar-refractivity contribution in [3.63, 3.8) is 0 Å². The van der Waals surface area contributed by atoms with Crippen molar-refractivity contribution >= 4 is 31.9 Å². The number of allylic oxidation sites excluding steroid dienone is 4. The molecule has 0 aromatic heterocycles. The van der Waals surface area contributed by atoms with Crippen LogP contribution in [0.4, 0.5) is 0 Å². The summed E-state index contributed by atoms with van der Waals surface area (Å²) < 4.78 is 1.28. The Morgan fingerprint density at radius 1 is 1.50 bits per heavy atom. The fourth-order valence-electron chi connectivity index (χ4n) is 0.468. The van der Waals surface area contributed by atoms with Crippen LogP contribution in [-0.4, -0.2) is 5.33 Å². The zero-order valence-corrected chi connectivity index (χ0v) is 9.50. The van der Waals surface area contributed by atoms with Gasteiger partial charge in [-0.25, -0.2) is 0 Å². The molecule has 0 amide bonds. The fraction of sp³-hybridized carbons (Fsp3) is 0.500. The molecule has 0 aliphatic rings. The van der Waals surface area contributed by atoms with Crippen LogP contribution >= 0.6 is 31.9 Å². The normalized spacial score (nSPS) is 14.0. The molecule has 0 atom stereocenters. The SMILES string of the molecule is CC=CCC(Br)=C(C)CBr. The summed E-state index contributed by atoms with van der Waals surface area (Å²) in [6.45, 7) is 4.14. The lowest BCUT2D eigenvalue weighted by Crippen LogP contribution is -1.80. The van der Waals surface area contributed by atoms with Crippen LogP contribution in [-0.2, 0) is 0 Å². The van der Waals surface area contributed by atoms with Crippen molar-refractivity contribution in [2.75, 3.05) is 5.33 Å². The van der Waals surface area contributed by atoms with Gasteiger partial charge in [0.05, 0.1) is 0 Å². The summed E-state index contributed by atoms with van der Waals surface area (Å²) in [6.07, 6.45) is 5.20.